The minimum atomic E-state index is -0.246. The highest BCUT2D eigenvalue weighted by molar-refractivity contribution is 9.10. The highest BCUT2D eigenvalue weighted by atomic mass is 79.9. The Kier molecular flexibility index (Phi) is 7.46. The first-order valence-corrected chi connectivity index (χ1v) is 11.2. The van der Waals surface area contributed by atoms with Crippen LogP contribution in [-0.2, 0) is 0 Å². The molecule has 7 nitrogen and oxygen atoms in total. The van der Waals surface area contributed by atoms with Crippen molar-refractivity contribution in [2.24, 2.45) is 5.10 Å². The van der Waals surface area contributed by atoms with Crippen molar-refractivity contribution in [2.75, 3.05) is 13.2 Å². The van der Waals surface area contributed by atoms with Crippen LogP contribution >= 0.6 is 31.9 Å². The SMILES string of the molecule is CCOc1cc(C=Nn2c(C(C)C)nc3ccc(Br)cc3c2=O)cc(Br)c1OCC#N. The maximum Gasteiger partial charge on any atom is 0.282 e. The molecule has 0 bridgehead atoms. The fourth-order valence-electron chi connectivity index (χ4n) is 2.95. The van der Waals surface area contributed by atoms with E-state index in [1.807, 2.05) is 39.0 Å². The van der Waals surface area contributed by atoms with E-state index in [1.54, 1.807) is 24.4 Å². The molecule has 0 amide bonds. The van der Waals surface area contributed by atoms with E-state index in [1.165, 1.54) is 4.68 Å². The number of benzene rings is 2. The van der Waals surface area contributed by atoms with Crippen molar-refractivity contribution in [1.29, 1.82) is 5.26 Å². The lowest BCUT2D eigenvalue weighted by molar-refractivity contribution is 0.297. The summed E-state index contributed by atoms with van der Waals surface area (Å²) in [6, 6.07) is 10.9. The first kappa shape index (κ1) is 23.0. The molecule has 9 heteroatoms. The molecule has 3 aromatic rings. The second-order valence-corrected chi connectivity index (χ2v) is 8.63. The Balaban J connectivity index is 2.10. The van der Waals surface area contributed by atoms with E-state index in [2.05, 4.69) is 41.9 Å². The van der Waals surface area contributed by atoms with Gasteiger partial charge in [-0.15, -0.1) is 0 Å². The summed E-state index contributed by atoms with van der Waals surface area (Å²) in [5.41, 5.74) is 1.07. The summed E-state index contributed by atoms with van der Waals surface area (Å²) in [5, 5.41) is 13.7. The molecule has 0 aliphatic carbocycles. The van der Waals surface area contributed by atoms with E-state index >= 15 is 0 Å². The largest absolute Gasteiger partial charge is 0.490 e. The first-order chi connectivity index (χ1) is 14.8. The zero-order valence-corrected chi connectivity index (χ0v) is 20.4. The number of fused-ring (bicyclic) bond motifs is 1. The van der Waals surface area contributed by atoms with Crippen LogP contribution in [0.5, 0.6) is 11.5 Å². The second-order valence-electron chi connectivity index (χ2n) is 6.86. The fraction of sp³-hybridized carbons (Fsp3) is 0.273. The van der Waals surface area contributed by atoms with Crippen LogP contribution in [0.15, 0.2) is 49.2 Å². The molecule has 0 spiro atoms. The Hall–Kier alpha value is -2.70. The lowest BCUT2D eigenvalue weighted by Gasteiger charge is -2.13. The highest BCUT2D eigenvalue weighted by Crippen LogP contribution is 2.36. The zero-order valence-electron chi connectivity index (χ0n) is 17.2. The number of nitrogens with zero attached hydrogens (tertiary/aromatic N) is 4. The van der Waals surface area contributed by atoms with Crippen LogP contribution in [0, 0.1) is 11.3 Å². The Morgan fingerprint density at radius 3 is 2.71 bits per heavy atom. The van der Waals surface area contributed by atoms with Crippen LogP contribution in [0.2, 0.25) is 0 Å². The van der Waals surface area contributed by atoms with Gasteiger partial charge in [0.15, 0.2) is 18.1 Å². The summed E-state index contributed by atoms with van der Waals surface area (Å²) in [4.78, 5) is 17.8. The molecule has 0 saturated carbocycles. The smallest absolute Gasteiger partial charge is 0.282 e. The number of ether oxygens (including phenoxy) is 2. The van der Waals surface area contributed by atoms with E-state index in [0.717, 1.165) is 4.47 Å². The molecule has 0 aliphatic heterocycles. The molecule has 0 saturated heterocycles. The standard InChI is InChI=1S/C22H20Br2N4O3/c1-4-30-19-10-14(9-17(24)20(19)31-8-7-25)12-26-28-21(13(2)3)27-18-6-5-15(23)11-16(18)22(28)29/h5-6,9-13H,4,8H2,1-3H3. The maximum absolute atomic E-state index is 13.1. The van der Waals surface area contributed by atoms with Crippen LogP contribution in [0.1, 0.15) is 38.1 Å². The van der Waals surface area contributed by atoms with Gasteiger partial charge in [0.1, 0.15) is 11.9 Å². The van der Waals surface area contributed by atoms with Gasteiger partial charge in [0.25, 0.3) is 5.56 Å². The van der Waals surface area contributed by atoms with Gasteiger partial charge in [-0.3, -0.25) is 4.79 Å². The van der Waals surface area contributed by atoms with Gasteiger partial charge in [0.05, 0.1) is 28.2 Å². The Morgan fingerprint density at radius 2 is 2.03 bits per heavy atom. The van der Waals surface area contributed by atoms with Crippen LogP contribution < -0.4 is 15.0 Å². The maximum atomic E-state index is 13.1. The summed E-state index contributed by atoms with van der Waals surface area (Å²) in [5.74, 6) is 1.47. The van der Waals surface area contributed by atoms with Gasteiger partial charge in [-0.25, -0.2) is 4.98 Å². The zero-order chi connectivity index (χ0) is 22.5. The predicted octanol–water partition coefficient (Wildman–Crippen LogP) is 5.23. The molecule has 160 valence electrons. The summed E-state index contributed by atoms with van der Waals surface area (Å²) < 4.78 is 13.9. The number of aromatic nitrogens is 2. The van der Waals surface area contributed by atoms with Crippen molar-refractivity contribution in [3.05, 3.63) is 61.0 Å². The quantitative estimate of drug-likeness (QED) is 0.378. The van der Waals surface area contributed by atoms with E-state index in [9.17, 15) is 4.79 Å². The Bertz CT molecular complexity index is 1250. The van der Waals surface area contributed by atoms with Crippen LogP contribution in [0.3, 0.4) is 0 Å². The van der Waals surface area contributed by atoms with Crippen LogP contribution in [0.4, 0.5) is 0 Å². The van der Waals surface area contributed by atoms with E-state index < -0.39 is 0 Å². The molecule has 3 rings (SSSR count). The highest BCUT2D eigenvalue weighted by Gasteiger charge is 2.15. The fourth-order valence-corrected chi connectivity index (χ4v) is 3.88. The summed E-state index contributed by atoms with van der Waals surface area (Å²) >= 11 is 6.86. The molecule has 0 N–H and O–H groups in total. The van der Waals surface area contributed by atoms with E-state index in [-0.39, 0.29) is 18.1 Å². The molecular formula is C22H20Br2N4O3. The lowest BCUT2D eigenvalue weighted by Crippen LogP contribution is -2.23. The predicted molar refractivity (Wildman–Crippen MR) is 127 cm³/mol. The minimum Gasteiger partial charge on any atom is -0.490 e. The van der Waals surface area contributed by atoms with Gasteiger partial charge < -0.3 is 9.47 Å². The molecule has 0 radical (unpaired) electrons. The number of hydrogen-bond acceptors (Lipinski definition) is 6. The second kappa shape index (κ2) is 10.1. The normalized spacial score (nSPS) is 11.3. The van der Waals surface area contributed by atoms with Gasteiger partial charge in [-0.1, -0.05) is 29.8 Å². The Labute approximate surface area is 196 Å². The number of hydrogen-bond donors (Lipinski definition) is 0. The Morgan fingerprint density at radius 1 is 1.26 bits per heavy atom. The summed E-state index contributed by atoms with van der Waals surface area (Å²) in [6.07, 6.45) is 1.57. The molecule has 0 aliphatic rings. The van der Waals surface area contributed by atoms with E-state index in [4.69, 9.17) is 14.7 Å². The van der Waals surface area contributed by atoms with Crippen LogP contribution in [0.25, 0.3) is 10.9 Å². The van der Waals surface area contributed by atoms with Crippen molar-refractivity contribution >= 4 is 49.0 Å². The van der Waals surface area contributed by atoms with Gasteiger partial charge >= 0.3 is 0 Å². The molecular weight excluding hydrogens is 528 g/mol. The average molecular weight is 548 g/mol. The molecule has 1 heterocycles. The van der Waals surface area contributed by atoms with Crippen LogP contribution in [-0.4, -0.2) is 29.1 Å². The van der Waals surface area contributed by atoms with Crippen molar-refractivity contribution in [3.63, 3.8) is 0 Å². The minimum absolute atomic E-state index is 0.00891. The summed E-state index contributed by atoms with van der Waals surface area (Å²) in [7, 11) is 0. The molecule has 0 atom stereocenters. The third-order valence-electron chi connectivity index (χ3n) is 4.28. The number of halogens is 2. The topological polar surface area (TPSA) is 89.5 Å². The van der Waals surface area contributed by atoms with Crippen molar-refractivity contribution in [1.82, 2.24) is 9.66 Å². The first-order valence-electron chi connectivity index (χ1n) is 9.58. The third-order valence-corrected chi connectivity index (χ3v) is 5.37. The molecule has 0 fully saturated rings. The lowest BCUT2D eigenvalue weighted by atomic mass is 10.2. The van der Waals surface area contributed by atoms with Crippen molar-refractivity contribution in [3.8, 4) is 17.6 Å². The van der Waals surface area contributed by atoms with Gasteiger partial charge in [0, 0.05) is 10.4 Å². The monoisotopic (exact) mass is 546 g/mol. The number of rotatable bonds is 7. The molecule has 31 heavy (non-hydrogen) atoms. The molecule has 1 aromatic heterocycles. The average Bonchev–Trinajstić information content (AvgIpc) is 2.73. The molecule has 2 aromatic carbocycles. The summed E-state index contributed by atoms with van der Waals surface area (Å²) in [6.45, 7) is 6.11. The van der Waals surface area contributed by atoms with Crippen molar-refractivity contribution in [2.45, 2.75) is 26.7 Å². The van der Waals surface area contributed by atoms with Crippen molar-refractivity contribution < 1.29 is 9.47 Å². The molecule has 0 unspecified atom stereocenters. The van der Waals surface area contributed by atoms with Gasteiger partial charge in [-0.05, 0) is 58.7 Å². The van der Waals surface area contributed by atoms with Gasteiger partial charge in [-0.2, -0.15) is 15.0 Å². The van der Waals surface area contributed by atoms with Gasteiger partial charge in [0.2, 0.25) is 0 Å². The van der Waals surface area contributed by atoms with E-state index in [0.29, 0.717) is 44.9 Å². The third kappa shape index (κ3) is 5.14. The number of nitriles is 1.